The molecule has 8 nitrogen and oxygen atoms in total. The first-order valence-corrected chi connectivity index (χ1v) is 10.6. The maximum absolute atomic E-state index is 13.4. The molecule has 2 N–H and O–H groups in total. The first-order chi connectivity index (χ1) is 14.0. The number of sulfonamides is 1. The number of rotatable bonds is 6. The minimum Gasteiger partial charge on any atom is -0.496 e. The minimum absolute atomic E-state index is 0.115. The number of nitrogens with zero attached hydrogens (tertiary/aromatic N) is 3. The van der Waals surface area contributed by atoms with Crippen LogP contribution in [0.1, 0.15) is 0 Å². The van der Waals surface area contributed by atoms with E-state index in [4.69, 9.17) is 4.74 Å². The van der Waals surface area contributed by atoms with Crippen LogP contribution < -0.4 is 9.46 Å². The van der Waals surface area contributed by atoms with Crippen LogP contribution in [0.3, 0.4) is 0 Å². The Hall–Kier alpha value is -3.31. The van der Waals surface area contributed by atoms with Gasteiger partial charge in [-0.05, 0) is 41.6 Å². The molecule has 4 aromatic rings. The summed E-state index contributed by atoms with van der Waals surface area (Å²) in [6.07, 6.45) is 0. The molecule has 0 saturated carbocycles. The lowest BCUT2D eigenvalue weighted by atomic mass is 10.1. The molecule has 0 atom stereocenters. The molecule has 0 aliphatic rings. The molecular weight excluding hydrogens is 417 g/mol. The number of thiophene rings is 1. The van der Waals surface area contributed by atoms with Crippen molar-refractivity contribution in [2.45, 2.75) is 4.21 Å². The lowest BCUT2D eigenvalue weighted by Crippen LogP contribution is -2.11. The Morgan fingerprint density at radius 1 is 1.14 bits per heavy atom. The van der Waals surface area contributed by atoms with Crippen LogP contribution >= 0.6 is 11.3 Å². The van der Waals surface area contributed by atoms with Crippen molar-refractivity contribution in [1.29, 1.82) is 0 Å². The van der Waals surface area contributed by atoms with E-state index in [-0.39, 0.29) is 4.21 Å². The van der Waals surface area contributed by atoms with E-state index >= 15 is 0 Å². The number of aromatic nitrogens is 4. The minimum atomic E-state index is -3.82. The lowest BCUT2D eigenvalue weighted by molar-refractivity contribution is 0.413. The molecule has 0 spiro atoms. The molecule has 0 aliphatic carbocycles. The Labute approximate surface area is 169 Å². The molecule has 2 heterocycles. The summed E-state index contributed by atoms with van der Waals surface area (Å²) in [4.78, 5) is 0.641. The van der Waals surface area contributed by atoms with Crippen molar-refractivity contribution < 1.29 is 17.5 Å². The number of aromatic amines is 1. The van der Waals surface area contributed by atoms with Crippen LogP contribution in [0.4, 0.5) is 10.1 Å². The number of ether oxygens (including phenoxy) is 1. The zero-order chi connectivity index (χ0) is 20.4. The second-order valence-electron chi connectivity index (χ2n) is 5.89. The van der Waals surface area contributed by atoms with Gasteiger partial charge in [-0.1, -0.05) is 12.1 Å². The van der Waals surface area contributed by atoms with Gasteiger partial charge in [-0.2, -0.15) is 5.21 Å². The van der Waals surface area contributed by atoms with Crippen LogP contribution in [-0.4, -0.2) is 36.2 Å². The van der Waals surface area contributed by atoms with Crippen LogP contribution in [0.5, 0.6) is 5.75 Å². The molecule has 0 radical (unpaired) electrons. The largest absolute Gasteiger partial charge is 0.496 e. The van der Waals surface area contributed by atoms with Crippen molar-refractivity contribution in [1.82, 2.24) is 20.6 Å². The number of methoxy groups -OCH3 is 1. The Kier molecular flexibility index (Phi) is 4.99. The normalized spacial score (nSPS) is 11.4. The highest BCUT2D eigenvalue weighted by Crippen LogP contribution is 2.37. The molecule has 0 fully saturated rings. The summed E-state index contributed by atoms with van der Waals surface area (Å²) in [7, 11) is -2.39. The van der Waals surface area contributed by atoms with Gasteiger partial charge in [0.2, 0.25) is 5.82 Å². The summed E-state index contributed by atoms with van der Waals surface area (Å²) in [6, 6.07) is 13.9. The van der Waals surface area contributed by atoms with Gasteiger partial charge in [0.05, 0.1) is 7.11 Å². The maximum atomic E-state index is 13.4. The lowest BCUT2D eigenvalue weighted by Gasteiger charge is -2.08. The fourth-order valence-corrected chi connectivity index (χ4v) is 5.07. The third-order valence-corrected chi connectivity index (χ3v) is 6.99. The molecule has 4 rings (SSSR count). The molecule has 0 aliphatic heterocycles. The zero-order valence-corrected chi connectivity index (χ0v) is 16.6. The summed E-state index contributed by atoms with van der Waals surface area (Å²) in [5.74, 6) is 0.252. The van der Waals surface area contributed by atoms with Gasteiger partial charge >= 0.3 is 0 Å². The number of tetrazole rings is 1. The van der Waals surface area contributed by atoms with Crippen LogP contribution in [0.25, 0.3) is 21.8 Å². The first-order valence-electron chi connectivity index (χ1n) is 8.27. The van der Waals surface area contributed by atoms with Crippen LogP contribution in [0.2, 0.25) is 0 Å². The monoisotopic (exact) mass is 431 g/mol. The highest BCUT2D eigenvalue weighted by Gasteiger charge is 2.19. The van der Waals surface area contributed by atoms with Crippen molar-refractivity contribution >= 4 is 27.0 Å². The summed E-state index contributed by atoms with van der Waals surface area (Å²) < 4.78 is 46.9. The van der Waals surface area contributed by atoms with Crippen molar-refractivity contribution in [3.8, 4) is 27.6 Å². The second-order valence-corrected chi connectivity index (χ2v) is 8.88. The molecule has 2 aromatic heterocycles. The first kappa shape index (κ1) is 19.0. The zero-order valence-electron chi connectivity index (χ0n) is 15.0. The average Bonchev–Trinajstić information content (AvgIpc) is 3.40. The van der Waals surface area contributed by atoms with Gasteiger partial charge in [0, 0.05) is 27.8 Å². The van der Waals surface area contributed by atoms with E-state index in [1.165, 1.54) is 25.3 Å². The van der Waals surface area contributed by atoms with Gasteiger partial charge < -0.3 is 4.74 Å². The van der Waals surface area contributed by atoms with E-state index < -0.39 is 15.8 Å². The maximum Gasteiger partial charge on any atom is 0.271 e. The van der Waals surface area contributed by atoms with Gasteiger partial charge in [0.15, 0.2) is 0 Å². The standard InChI is InChI=1S/C18H14FN5O3S2/c1-27-15-10-12(19)5-6-14(15)16-7-8-17(28-16)29(25,26)22-13-4-2-3-11(9-13)18-20-23-24-21-18/h2-10,22H,1H3,(H,20,21,23,24). The molecule has 0 unspecified atom stereocenters. The number of hydrogen-bond donors (Lipinski definition) is 2. The average molecular weight is 431 g/mol. The summed E-state index contributed by atoms with van der Waals surface area (Å²) in [5, 5.41) is 13.6. The van der Waals surface area contributed by atoms with Gasteiger partial charge in [0.1, 0.15) is 15.8 Å². The Morgan fingerprint density at radius 2 is 2.00 bits per heavy atom. The van der Waals surface area contributed by atoms with E-state index in [1.807, 2.05) is 0 Å². The van der Waals surface area contributed by atoms with Gasteiger partial charge in [-0.3, -0.25) is 4.72 Å². The molecule has 2 aromatic carbocycles. The summed E-state index contributed by atoms with van der Waals surface area (Å²) >= 11 is 1.06. The van der Waals surface area contributed by atoms with Gasteiger partial charge in [0.25, 0.3) is 10.0 Å². The number of benzene rings is 2. The second kappa shape index (κ2) is 7.60. The highest BCUT2D eigenvalue weighted by molar-refractivity contribution is 7.94. The van der Waals surface area contributed by atoms with Gasteiger partial charge in [-0.25, -0.2) is 12.8 Å². The van der Waals surface area contributed by atoms with E-state index in [9.17, 15) is 12.8 Å². The molecule has 148 valence electrons. The van der Waals surface area contributed by atoms with Crippen molar-refractivity contribution in [2.75, 3.05) is 11.8 Å². The third-order valence-electron chi connectivity index (χ3n) is 3.99. The molecule has 0 bridgehead atoms. The van der Waals surface area contributed by atoms with E-state index in [2.05, 4.69) is 25.3 Å². The summed E-state index contributed by atoms with van der Waals surface area (Å²) in [6.45, 7) is 0. The van der Waals surface area contributed by atoms with Crippen LogP contribution in [0.15, 0.2) is 58.8 Å². The van der Waals surface area contributed by atoms with E-state index in [1.54, 1.807) is 36.4 Å². The Balaban J connectivity index is 1.62. The number of halogens is 1. The quantitative estimate of drug-likeness (QED) is 0.483. The molecule has 0 amide bonds. The SMILES string of the molecule is COc1cc(F)ccc1-c1ccc(S(=O)(=O)Nc2cccc(-c3nn[nH]n3)c2)s1. The topological polar surface area (TPSA) is 110 Å². The predicted octanol–water partition coefficient (Wildman–Crippen LogP) is 3.54. The van der Waals surface area contributed by atoms with Gasteiger partial charge in [-0.15, -0.1) is 21.5 Å². The molecule has 29 heavy (non-hydrogen) atoms. The van der Waals surface area contributed by atoms with Crippen molar-refractivity contribution in [2.24, 2.45) is 0 Å². The Morgan fingerprint density at radius 3 is 2.76 bits per heavy atom. The number of hydrogen-bond acceptors (Lipinski definition) is 7. The van der Waals surface area contributed by atoms with Crippen LogP contribution in [-0.2, 0) is 10.0 Å². The molecule has 0 saturated heterocycles. The number of anilines is 1. The molecular formula is C18H14FN5O3S2. The highest BCUT2D eigenvalue weighted by atomic mass is 32.2. The van der Waals surface area contributed by atoms with Crippen molar-refractivity contribution in [3.63, 3.8) is 0 Å². The van der Waals surface area contributed by atoms with E-state index in [0.29, 0.717) is 33.3 Å². The smallest absolute Gasteiger partial charge is 0.271 e. The fraction of sp³-hybridized carbons (Fsp3) is 0.0556. The molecule has 11 heteroatoms. The van der Waals surface area contributed by atoms with Crippen molar-refractivity contribution in [3.05, 3.63) is 60.4 Å². The predicted molar refractivity (Wildman–Crippen MR) is 107 cm³/mol. The summed E-state index contributed by atoms with van der Waals surface area (Å²) in [5.41, 5.74) is 1.59. The Bertz CT molecular complexity index is 1260. The van der Waals surface area contributed by atoms with Crippen LogP contribution in [0, 0.1) is 5.82 Å². The number of nitrogens with one attached hydrogen (secondary N) is 2. The number of H-pyrrole nitrogens is 1. The van der Waals surface area contributed by atoms with E-state index in [0.717, 1.165) is 11.3 Å². The third kappa shape index (κ3) is 3.96. The fourth-order valence-electron chi connectivity index (χ4n) is 2.69.